The largest absolute Gasteiger partial charge is 0.366 e. The van der Waals surface area contributed by atoms with Crippen molar-refractivity contribution >= 4 is 6.72 Å². The van der Waals surface area contributed by atoms with Crippen LogP contribution in [0.15, 0.2) is 72.7 Å². The summed E-state index contributed by atoms with van der Waals surface area (Å²) in [4.78, 5) is 8.39. The van der Waals surface area contributed by atoms with Crippen LogP contribution in [0.5, 0.6) is 0 Å². The number of nitrogens with zero attached hydrogens (tertiary/aromatic N) is 2. The molecule has 0 aliphatic heterocycles. The van der Waals surface area contributed by atoms with Crippen LogP contribution >= 0.6 is 0 Å². The van der Waals surface area contributed by atoms with Gasteiger partial charge >= 0.3 is 0 Å². The fourth-order valence-corrected chi connectivity index (χ4v) is 1.36. The van der Waals surface area contributed by atoms with Crippen LogP contribution in [0.1, 0.15) is 11.3 Å². The summed E-state index contributed by atoms with van der Waals surface area (Å²) in [6, 6.07) is 16.4. The molecule has 2 rings (SSSR count). The molecule has 0 aliphatic rings. The Morgan fingerprint density at radius 1 is 1.11 bits per heavy atom. The van der Waals surface area contributed by atoms with E-state index in [0.717, 1.165) is 12.1 Å². The second kappa shape index (κ2) is 8.70. The molecule has 2 aromatic rings. The molecule has 0 bridgehead atoms. The van der Waals surface area contributed by atoms with Crippen LogP contribution in [0.3, 0.4) is 0 Å². The van der Waals surface area contributed by atoms with E-state index < -0.39 is 0 Å². The van der Waals surface area contributed by atoms with E-state index in [1.807, 2.05) is 30.5 Å². The van der Waals surface area contributed by atoms with Crippen molar-refractivity contribution in [2.75, 3.05) is 0 Å². The van der Waals surface area contributed by atoms with E-state index >= 15 is 0 Å². The van der Waals surface area contributed by atoms with Gasteiger partial charge in [-0.05, 0) is 17.7 Å². The van der Waals surface area contributed by atoms with E-state index in [-0.39, 0.29) is 0 Å². The minimum absolute atomic E-state index is 0.918. The second-order valence-corrected chi connectivity index (χ2v) is 3.38. The highest BCUT2D eigenvalue weighted by Crippen LogP contribution is 2.05. The highest BCUT2D eigenvalue weighted by Gasteiger charge is 1.94. The molecule has 0 saturated heterocycles. The van der Waals surface area contributed by atoms with Gasteiger partial charge in [0.1, 0.15) is 6.26 Å². The number of hydrogen-bond donors (Lipinski definition) is 0. The number of pyridine rings is 1. The van der Waals surface area contributed by atoms with Crippen LogP contribution in [0.4, 0.5) is 0 Å². The highest BCUT2D eigenvalue weighted by atomic mass is 16.6. The molecule has 1 aromatic carbocycles. The maximum Gasteiger partial charge on any atom is 0.114 e. The zero-order valence-electron chi connectivity index (χ0n) is 10.2. The van der Waals surface area contributed by atoms with Crippen molar-refractivity contribution in [3.8, 4) is 0 Å². The van der Waals surface area contributed by atoms with Gasteiger partial charge in [0.25, 0.3) is 0 Å². The highest BCUT2D eigenvalue weighted by molar-refractivity contribution is 5.21. The first kappa shape index (κ1) is 13.6. The monoisotopic (exact) mass is 240 g/mol. The van der Waals surface area contributed by atoms with Gasteiger partial charge < -0.3 is 4.84 Å². The number of rotatable bonds is 4. The molecular formula is C15H16N2O. The summed E-state index contributed by atoms with van der Waals surface area (Å²) in [6.07, 6.45) is 3.95. The van der Waals surface area contributed by atoms with Crippen LogP contribution in [-0.4, -0.2) is 11.7 Å². The molecular weight excluding hydrogens is 224 g/mol. The molecule has 0 radical (unpaired) electrons. The van der Waals surface area contributed by atoms with E-state index in [1.54, 1.807) is 0 Å². The van der Waals surface area contributed by atoms with Crippen molar-refractivity contribution < 1.29 is 4.84 Å². The van der Waals surface area contributed by atoms with Gasteiger partial charge in [-0.15, -0.1) is 0 Å². The van der Waals surface area contributed by atoms with Crippen LogP contribution in [0, 0.1) is 0 Å². The molecule has 1 aromatic heterocycles. The summed E-state index contributed by atoms with van der Waals surface area (Å²) >= 11 is 0. The first-order chi connectivity index (χ1) is 8.86. The molecule has 0 unspecified atom stereocenters. The lowest BCUT2D eigenvalue weighted by Gasteiger charge is -1.99. The van der Waals surface area contributed by atoms with E-state index in [9.17, 15) is 0 Å². The van der Waals surface area contributed by atoms with E-state index in [1.165, 1.54) is 11.8 Å². The fourth-order valence-electron chi connectivity index (χ4n) is 1.36. The van der Waals surface area contributed by atoms with Crippen molar-refractivity contribution in [1.29, 1.82) is 0 Å². The van der Waals surface area contributed by atoms with Crippen LogP contribution in [-0.2, 0) is 11.3 Å². The second-order valence-electron chi connectivity index (χ2n) is 3.38. The Bertz CT molecular complexity index is 411. The molecule has 0 N–H and O–H groups in total. The van der Waals surface area contributed by atoms with Crippen LogP contribution in [0.25, 0.3) is 0 Å². The average Bonchev–Trinajstić information content (AvgIpc) is 2.43. The van der Waals surface area contributed by atoms with Gasteiger partial charge in [-0.1, -0.05) is 48.1 Å². The summed E-state index contributed by atoms with van der Waals surface area (Å²) in [6.45, 7) is 6.20. The predicted molar refractivity (Wildman–Crippen MR) is 74.3 cm³/mol. The molecule has 0 spiro atoms. The first-order valence-electron chi connectivity index (χ1n) is 5.53. The molecule has 0 saturated carbocycles. The van der Waals surface area contributed by atoms with Gasteiger partial charge in [-0.3, -0.25) is 4.98 Å². The summed E-state index contributed by atoms with van der Waals surface area (Å²) in [5.41, 5.74) is 2.43. The molecule has 3 heteroatoms. The summed E-state index contributed by atoms with van der Waals surface area (Å²) in [7, 11) is 0. The zero-order chi connectivity index (χ0) is 13.1. The Labute approximate surface area is 107 Å². The van der Waals surface area contributed by atoms with E-state index in [4.69, 9.17) is 0 Å². The smallest absolute Gasteiger partial charge is 0.114 e. The Balaban J connectivity index is 0.000000280. The molecule has 1 heterocycles. The predicted octanol–water partition coefficient (Wildman–Crippen LogP) is 3.43. The molecule has 3 nitrogen and oxygen atoms in total. The lowest BCUT2D eigenvalue weighted by molar-refractivity contribution is 0.273. The van der Waals surface area contributed by atoms with E-state index in [2.05, 4.69) is 52.5 Å². The standard InChI is InChI=1S/C12H11N.C3H5NO/c1-2-6-11(7-3-1)10-12-8-4-5-9-13-12;1-3-5-4-2/h1-9H,10H2;3H,1-2H2. The third kappa shape index (κ3) is 5.61. The van der Waals surface area contributed by atoms with Gasteiger partial charge in [0.05, 0.1) is 0 Å². The van der Waals surface area contributed by atoms with Crippen molar-refractivity contribution in [2.45, 2.75) is 6.42 Å². The van der Waals surface area contributed by atoms with Gasteiger partial charge in [-0.25, -0.2) is 0 Å². The van der Waals surface area contributed by atoms with Crippen LogP contribution in [0.2, 0.25) is 0 Å². The Morgan fingerprint density at radius 2 is 1.83 bits per heavy atom. The van der Waals surface area contributed by atoms with Crippen molar-refractivity contribution in [1.82, 2.24) is 4.98 Å². The Hall–Kier alpha value is -2.42. The maximum absolute atomic E-state index is 4.27. The number of hydrogen-bond acceptors (Lipinski definition) is 3. The van der Waals surface area contributed by atoms with Crippen molar-refractivity contribution in [3.05, 3.63) is 78.8 Å². The quantitative estimate of drug-likeness (QED) is 0.466. The lowest BCUT2D eigenvalue weighted by Crippen LogP contribution is -1.89. The third-order valence-electron chi connectivity index (χ3n) is 2.10. The van der Waals surface area contributed by atoms with Gasteiger partial charge in [0, 0.05) is 25.0 Å². The molecule has 92 valence electrons. The van der Waals surface area contributed by atoms with Gasteiger partial charge in [0.15, 0.2) is 0 Å². The summed E-state index contributed by atoms with van der Waals surface area (Å²) in [5, 5.41) is 2.99. The average molecular weight is 240 g/mol. The number of benzene rings is 1. The van der Waals surface area contributed by atoms with Crippen molar-refractivity contribution in [2.24, 2.45) is 5.16 Å². The third-order valence-corrected chi connectivity index (χ3v) is 2.10. The summed E-state index contributed by atoms with van der Waals surface area (Å²) < 4.78 is 0. The molecule has 0 aliphatic carbocycles. The first-order valence-corrected chi connectivity index (χ1v) is 5.53. The molecule has 18 heavy (non-hydrogen) atoms. The fraction of sp³-hybridized carbons (Fsp3) is 0.0667. The molecule has 0 atom stereocenters. The van der Waals surface area contributed by atoms with Crippen molar-refractivity contribution in [3.63, 3.8) is 0 Å². The SMILES string of the molecule is C=CON=C.c1ccc(Cc2ccccn2)cc1. The number of aromatic nitrogens is 1. The number of oxime groups is 1. The van der Waals surface area contributed by atoms with Gasteiger partial charge in [0.2, 0.25) is 0 Å². The minimum atomic E-state index is 0.918. The normalized spacial score (nSPS) is 8.67. The molecule has 0 fully saturated rings. The maximum atomic E-state index is 4.27. The topological polar surface area (TPSA) is 34.5 Å². The zero-order valence-corrected chi connectivity index (χ0v) is 10.2. The van der Waals surface area contributed by atoms with E-state index in [0.29, 0.717) is 0 Å². The Kier molecular flexibility index (Phi) is 6.59. The summed E-state index contributed by atoms with van der Waals surface area (Å²) in [5.74, 6) is 0. The minimum Gasteiger partial charge on any atom is -0.366 e. The molecule has 0 amide bonds. The Morgan fingerprint density at radius 3 is 2.33 bits per heavy atom. The van der Waals surface area contributed by atoms with Gasteiger partial charge in [-0.2, -0.15) is 0 Å². The lowest BCUT2D eigenvalue weighted by atomic mass is 10.1. The van der Waals surface area contributed by atoms with Crippen LogP contribution < -0.4 is 0 Å².